The first-order valence-corrected chi connectivity index (χ1v) is 4.67. The van der Waals surface area contributed by atoms with Gasteiger partial charge < -0.3 is 15.8 Å². The average molecular weight is 288 g/mol. The van der Waals surface area contributed by atoms with Gasteiger partial charge >= 0.3 is 12.1 Å². The number of alkyl halides is 5. The van der Waals surface area contributed by atoms with E-state index in [-0.39, 0.29) is 0 Å². The van der Waals surface area contributed by atoms with Gasteiger partial charge in [-0.05, 0) is 5.92 Å². The number of nitrogens with one attached hydrogen (secondary N) is 1. The van der Waals surface area contributed by atoms with E-state index in [2.05, 4.69) is 10.5 Å². The van der Waals surface area contributed by atoms with Crippen LogP contribution in [-0.4, -0.2) is 43.7 Å². The lowest BCUT2D eigenvalue weighted by molar-refractivity contribution is -0.198. The molecule has 0 aromatic carbocycles. The lowest BCUT2D eigenvalue weighted by Crippen LogP contribution is -2.41. The molecule has 0 aromatic heterocycles. The van der Waals surface area contributed by atoms with E-state index in [4.69, 9.17) is 0 Å². The summed E-state index contributed by atoms with van der Waals surface area (Å²) in [4.78, 5) is 21.0. The summed E-state index contributed by atoms with van der Waals surface area (Å²) in [6.45, 7) is -3.03. The molecular formula is C9H9F5N2O3. The van der Waals surface area contributed by atoms with Gasteiger partial charge in [0, 0.05) is 0 Å². The van der Waals surface area contributed by atoms with Crippen LogP contribution in [-0.2, 0) is 14.3 Å². The van der Waals surface area contributed by atoms with Crippen molar-refractivity contribution in [2.45, 2.75) is 12.1 Å². The van der Waals surface area contributed by atoms with Crippen molar-refractivity contribution in [2.24, 2.45) is 5.73 Å². The Morgan fingerprint density at radius 2 is 1.79 bits per heavy atom. The molecule has 19 heavy (non-hydrogen) atoms. The van der Waals surface area contributed by atoms with Crippen LogP contribution in [0.5, 0.6) is 0 Å². The van der Waals surface area contributed by atoms with Gasteiger partial charge in [0.2, 0.25) is 0 Å². The molecule has 0 atom stereocenters. The van der Waals surface area contributed by atoms with E-state index < -0.39 is 43.7 Å². The molecule has 0 bridgehead atoms. The fourth-order valence-corrected chi connectivity index (χ4v) is 0.626. The highest BCUT2D eigenvalue weighted by molar-refractivity contribution is 5.93. The number of halogens is 5. The summed E-state index contributed by atoms with van der Waals surface area (Å²) >= 11 is 0. The van der Waals surface area contributed by atoms with Crippen molar-refractivity contribution < 1.29 is 36.3 Å². The number of esters is 1. The van der Waals surface area contributed by atoms with Crippen molar-refractivity contribution in [1.29, 1.82) is 0 Å². The van der Waals surface area contributed by atoms with E-state index in [1.807, 2.05) is 0 Å². The van der Waals surface area contributed by atoms with Crippen LogP contribution in [0.1, 0.15) is 0 Å². The molecule has 0 rings (SSSR count). The van der Waals surface area contributed by atoms with E-state index in [0.717, 1.165) is 0 Å². The zero-order valence-electron chi connectivity index (χ0n) is 9.31. The van der Waals surface area contributed by atoms with E-state index in [1.165, 1.54) is 0 Å². The smallest absolute Gasteiger partial charge is 0.446 e. The minimum atomic E-state index is -5.16. The highest BCUT2D eigenvalue weighted by atomic mass is 19.4. The van der Waals surface area contributed by atoms with Gasteiger partial charge in [-0.15, -0.1) is 0 Å². The summed E-state index contributed by atoms with van der Waals surface area (Å²) in [6.07, 6.45) is -5.16. The maximum atomic E-state index is 12.6. The SMILES string of the molecule is NCC(F)(F)CNC(=O)C#CCOC(=O)C(F)(F)F. The summed E-state index contributed by atoms with van der Waals surface area (Å²) in [5, 5.41) is 1.69. The quantitative estimate of drug-likeness (QED) is 0.426. The summed E-state index contributed by atoms with van der Waals surface area (Å²) < 4.78 is 63.6. The van der Waals surface area contributed by atoms with Crippen molar-refractivity contribution in [3.63, 3.8) is 0 Å². The van der Waals surface area contributed by atoms with Gasteiger partial charge in [0.15, 0.2) is 6.61 Å². The molecule has 0 saturated heterocycles. The minimum Gasteiger partial charge on any atom is -0.446 e. The molecule has 0 aromatic rings. The number of hydrogen-bond donors (Lipinski definition) is 2. The van der Waals surface area contributed by atoms with Crippen molar-refractivity contribution >= 4 is 11.9 Å². The number of ether oxygens (including phenoxy) is 1. The van der Waals surface area contributed by atoms with Gasteiger partial charge in [-0.1, -0.05) is 5.92 Å². The van der Waals surface area contributed by atoms with Crippen LogP contribution in [0.2, 0.25) is 0 Å². The number of hydrogen-bond acceptors (Lipinski definition) is 4. The summed E-state index contributed by atoms with van der Waals surface area (Å²) in [6, 6.07) is 0. The van der Waals surface area contributed by atoms with Gasteiger partial charge in [0.1, 0.15) is 0 Å². The Kier molecular flexibility index (Phi) is 6.20. The molecule has 0 fully saturated rings. The third kappa shape index (κ3) is 7.93. The molecular weight excluding hydrogens is 279 g/mol. The van der Waals surface area contributed by atoms with Crippen molar-refractivity contribution in [1.82, 2.24) is 5.32 Å². The maximum Gasteiger partial charge on any atom is 0.490 e. The monoisotopic (exact) mass is 288 g/mol. The Hall–Kier alpha value is -1.89. The predicted octanol–water partition coefficient (Wildman–Crippen LogP) is -0.195. The molecule has 0 radical (unpaired) electrons. The Bertz CT molecular complexity index is 397. The van der Waals surface area contributed by atoms with E-state index >= 15 is 0 Å². The van der Waals surface area contributed by atoms with Gasteiger partial charge in [0.05, 0.1) is 13.1 Å². The Morgan fingerprint density at radius 1 is 1.21 bits per heavy atom. The summed E-state index contributed by atoms with van der Waals surface area (Å²) in [5.41, 5.74) is 4.69. The molecule has 0 unspecified atom stereocenters. The molecule has 1 amide bonds. The second-order valence-corrected chi connectivity index (χ2v) is 3.12. The van der Waals surface area contributed by atoms with Crippen LogP contribution in [0.3, 0.4) is 0 Å². The standard InChI is InChI=1S/C9H9F5N2O3/c10-8(11,4-15)5-16-6(17)2-1-3-19-7(18)9(12,13)14/h3-5,15H2,(H,16,17). The average Bonchev–Trinajstić information content (AvgIpc) is 2.30. The Morgan fingerprint density at radius 3 is 2.26 bits per heavy atom. The first-order chi connectivity index (χ1) is 8.58. The molecule has 0 aliphatic rings. The number of rotatable bonds is 4. The molecule has 0 spiro atoms. The van der Waals surface area contributed by atoms with E-state index in [0.29, 0.717) is 0 Å². The molecule has 108 valence electrons. The van der Waals surface area contributed by atoms with Crippen molar-refractivity contribution in [3.05, 3.63) is 0 Å². The van der Waals surface area contributed by atoms with Crippen LogP contribution in [0, 0.1) is 11.8 Å². The van der Waals surface area contributed by atoms with E-state index in [1.54, 1.807) is 17.2 Å². The van der Waals surface area contributed by atoms with Crippen LogP contribution < -0.4 is 11.1 Å². The molecule has 10 heteroatoms. The molecule has 0 saturated carbocycles. The molecule has 3 N–H and O–H groups in total. The Labute approximate surface area is 104 Å². The van der Waals surface area contributed by atoms with Gasteiger partial charge in [0.25, 0.3) is 11.8 Å². The van der Waals surface area contributed by atoms with Gasteiger partial charge in [-0.2, -0.15) is 13.2 Å². The maximum absolute atomic E-state index is 12.6. The lowest BCUT2D eigenvalue weighted by atomic mass is 10.3. The van der Waals surface area contributed by atoms with E-state index in [9.17, 15) is 31.5 Å². The van der Waals surface area contributed by atoms with Crippen molar-refractivity contribution in [3.8, 4) is 11.8 Å². The largest absolute Gasteiger partial charge is 0.490 e. The zero-order valence-corrected chi connectivity index (χ0v) is 9.31. The number of amides is 1. The molecule has 5 nitrogen and oxygen atoms in total. The molecule has 0 aliphatic heterocycles. The molecule has 0 heterocycles. The topological polar surface area (TPSA) is 81.4 Å². The second kappa shape index (κ2) is 6.89. The summed E-state index contributed by atoms with van der Waals surface area (Å²) in [7, 11) is 0. The Balaban J connectivity index is 4.04. The fourth-order valence-electron chi connectivity index (χ4n) is 0.626. The fraction of sp³-hybridized carbons (Fsp3) is 0.556. The first-order valence-electron chi connectivity index (χ1n) is 4.67. The highest BCUT2D eigenvalue weighted by Gasteiger charge is 2.40. The number of carbonyl (C=O) groups excluding carboxylic acids is 2. The van der Waals surface area contributed by atoms with Gasteiger partial charge in [-0.3, -0.25) is 4.79 Å². The first kappa shape index (κ1) is 17.1. The van der Waals surface area contributed by atoms with Crippen LogP contribution in [0.15, 0.2) is 0 Å². The summed E-state index contributed by atoms with van der Waals surface area (Å²) in [5.74, 6) is -3.49. The normalized spacial score (nSPS) is 11.3. The number of carbonyl (C=O) groups is 2. The van der Waals surface area contributed by atoms with Crippen molar-refractivity contribution in [2.75, 3.05) is 19.7 Å². The second-order valence-electron chi connectivity index (χ2n) is 3.12. The number of nitrogens with two attached hydrogens (primary N) is 1. The zero-order chi connectivity index (χ0) is 15.1. The predicted molar refractivity (Wildman–Crippen MR) is 51.8 cm³/mol. The lowest BCUT2D eigenvalue weighted by Gasteiger charge is -2.12. The van der Waals surface area contributed by atoms with Crippen LogP contribution >= 0.6 is 0 Å². The minimum absolute atomic E-state index is 0.982. The van der Waals surface area contributed by atoms with Gasteiger partial charge in [-0.25, -0.2) is 13.6 Å². The molecule has 0 aliphatic carbocycles. The third-order valence-corrected chi connectivity index (χ3v) is 1.52. The third-order valence-electron chi connectivity index (χ3n) is 1.52. The van der Waals surface area contributed by atoms with Crippen LogP contribution in [0.25, 0.3) is 0 Å². The highest BCUT2D eigenvalue weighted by Crippen LogP contribution is 2.15. The van der Waals surface area contributed by atoms with Crippen LogP contribution in [0.4, 0.5) is 22.0 Å².